The summed E-state index contributed by atoms with van der Waals surface area (Å²) in [6.45, 7) is 6.23. The van der Waals surface area contributed by atoms with E-state index in [1.165, 1.54) is 10.6 Å². The number of hydrogen-bond donors (Lipinski definition) is 4. The molecule has 124 valence electrons. The number of aliphatic hydroxyl groups is 1. The van der Waals surface area contributed by atoms with Gasteiger partial charge in [-0.05, 0) is 18.7 Å². The van der Waals surface area contributed by atoms with E-state index >= 15 is 0 Å². The Hall–Kier alpha value is 0.0500. The second-order valence-electron chi connectivity index (χ2n) is 5.00. The second-order valence-corrected chi connectivity index (χ2v) is 6.16. The number of nitrogens with one attached hydrogen (secondary N) is 3. The van der Waals surface area contributed by atoms with Crippen LogP contribution in [-0.2, 0) is 13.0 Å². The molecule has 5 nitrogen and oxygen atoms in total. The van der Waals surface area contributed by atoms with Crippen LogP contribution in [0.25, 0.3) is 0 Å². The maximum Gasteiger partial charge on any atom is 0.225 e. The standard InChI is InChI=1S/C12H22ClN4OS.CH4.ClH/c1-8-11(3-4-18)19-7-17(8)6-10-5-14-9(2)15-12(10)16-13;;/h7,9-10,12,14-16,18H,3-6H2,1-2H3;1H4;1H/q+1;;/p-1. The molecule has 0 bridgehead atoms. The van der Waals surface area contributed by atoms with Crippen LogP contribution in [0.3, 0.4) is 0 Å². The number of nitrogens with zero attached hydrogens (tertiary/aromatic N) is 1. The minimum absolute atomic E-state index is 0. The van der Waals surface area contributed by atoms with Gasteiger partial charge in [-0.2, -0.15) is 4.57 Å². The highest BCUT2D eigenvalue weighted by Crippen LogP contribution is 2.14. The zero-order chi connectivity index (χ0) is 13.8. The van der Waals surface area contributed by atoms with E-state index in [0.717, 1.165) is 19.5 Å². The van der Waals surface area contributed by atoms with Crippen molar-refractivity contribution in [2.45, 2.75) is 46.6 Å². The zero-order valence-electron chi connectivity index (χ0n) is 11.7. The Balaban J connectivity index is 0.00000200. The predicted octanol–water partition coefficient (Wildman–Crippen LogP) is -2.26. The summed E-state index contributed by atoms with van der Waals surface area (Å²) in [6.07, 6.45) is 1.11. The molecule has 1 saturated heterocycles. The molecule has 0 radical (unpaired) electrons. The fourth-order valence-electron chi connectivity index (χ4n) is 2.43. The number of aliphatic hydroxyl groups excluding tert-OH is 1. The molecule has 0 spiro atoms. The molecule has 1 fully saturated rings. The fourth-order valence-corrected chi connectivity index (χ4v) is 3.66. The quantitative estimate of drug-likeness (QED) is 0.355. The summed E-state index contributed by atoms with van der Waals surface area (Å²) < 4.78 is 2.25. The number of rotatable bonds is 5. The van der Waals surface area contributed by atoms with E-state index in [0.29, 0.717) is 5.92 Å². The van der Waals surface area contributed by atoms with Gasteiger partial charge in [-0.25, -0.2) is 4.84 Å². The Morgan fingerprint density at radius 2 is 2.29 bits per heavy atom. The van der Waals surface area contributed by atoms with Crippen LogP contribution in [0.4, 0.5) is 0 Å². The molecular weight excluding hydrogens is 331 g/mol. The van der Waals surface area contributed by atoms with Crippen LogP contribution < -0.4 is 32.4 Å². The predicted molar refractivity (Wildman–Crippen MR) is 83.6 cm³/mol. The van der Waals surface area contributed by atoms with Gasteiger partial charge in [0.15, 0.2) is 12.2 Å². The van der Waals surface area contributed by atoms with Crippen LogP contribution in [-0.4, -0.2) is 30.6 Å². The highest BCUT2D eigenvalue weighted by molar-refractivity contribution is 7.09. The van der Waals surface area contributed by atoms with Crippen molar-refractivity contribution < 1.29 is 22.1 Å². The first-order valence-corrected chi connectivity index (χ1v) is 7.84. The summed E-state index contributed by atoms with van der Waals surface area (Å²) in [7, 11) is 0. The first-order valence-electron chi connectivity index (χ1n) is 6.58. The molecule has 1 aliphatic rings. The molecule has 3 atom stereocenters. The van der Waals surface area contributed by atoms with E-state index in [1.807, 2.05) is 0 Å². The molecule has 1 aliphatic heterocycles. The van der Waals surface area contributed by atoms with Crippen molar-refractivity contribution in [3.63, 3.8) is 0 Å². The zero-order valence-corrected chi connectivity index (χ0v) is 14.0. The van der Waals surface area contributed by atoms with Gasteiger partial charge in [-0.3, -0.25) is 5.32 Å². The third kappa shape index (κ3) is 5.32. The van der Waals surface area contributed by atoms with Gasteiger partial charge in [-0.1, -0.05) is 18.8 Å². The summed E-state index contributed by atoms with van der Waals surface area (Å²) in [5.41, 5.74) is 3.37. The molecule has 0 saturated carbocycles. The van der Waals surface area contributed by atoms with Gasteiger partial charge in [0.2, 0.25) is 5.51 Å². The average molecular weight is 357 g/mol. The molecule has 4 N–H and O–H groups in total. The lowest BCUT2D eigenvalue weighted by Crippen LogP contribution is -3.00. The number of thiazole rings is 1. The molecule has 0 amide bonds. The Bertz CT molecular complexity index is 419. The smallest absolute Gasteiger partial charge is 0.225 e. The van der Waals surface area contributed by atoms with Crippen LogP contribution in [0.5, 0.6) is 0 Å². The Kier molecular flexibility index (Phi) is 9.97. The lowest BCUT2D eigenvalue weighted by atomic mass is 10.0. The SMILES string of the molecule is C.Cc1c(CCO)sc[n+]1CC1CNC(C)NC1NCl.[Cl-]. The molecule has 0 aromatic carbocycles. The van der Waals surface area contributed by atoms with Crippen molar-refractivity contribution in [3.8, 4) is 0 Å². The molecule has 2 heterocycles. The molecule has 3 unspecified atom stereocenters. The van der Waals surface area contributed by atoms with Crippen molar-refractivity contribution in [3.05, 3.63) is 16.1 Å². The van der Waals surface area contributed by atoms with Gasteiger partial charge in [0.25, 0.3) is 0 Å². The van der Waals surface area contributed by atoms with Crippen LogP contribution >= 0.6 is 23.1 Å². The summed E-state index contributed by atoms with van der Waals surface area (Å²) >= 11 is 7.53. The van der Waals surface area contributed by atoms with E-state index in [2.05, 4.69) is 39.4 Å². The van der Waals surface area contributed by atoms with Gasteiger partial charge >= 0.3 is 0 Å². The number of halogens is 2. The van der Waals surface area contributed by atoms with Crippen LogP contribution in [0.1, 0.15) is 24.9 Å². The van der Waals surface area contributed by atoms with Crippen molar-refractivity contribution in [2.24, 2.45) is 5.92 Å². The fraction of sp³-hybridized carbons (Fsp3) is 0.769. The number of aromatic nitrogens is 1. The van der Waals surface area contributed by atoms with Gasteiger partial charge in [-0.15, -0.1) is 0 Å². The lowest BCUT2D eigenvalue weighted by molar-refractivity contribution is -0.705. The minimum atomic E-state index is 0. The minimum Gasteiger partial charge on any atom is -1.00 e. The maximum atomic E-state index is 9.03. The second kappa shape index (κ2) is 9.94. The third-order valence-electron chi connectivity index (χ3n) is 3.63. The van der Waals surface area contributed by atoms with Gasteiger partial charge in [0, 0.05) is 26.5 Å². The van der Waals surface area contributed by atoms with Gasteiger partial charge in [0.05, 0.1) is 23.1 Å². The summed E-state index contributed by atoms with van der Waals surface area (Å²) in [5.74, 6) is 0.383. The molecule has 0 aliphatic carbocycles. The number of hydrogen-bond acceptors (Lipinski definition) is 5. The summed E-state index contributed by atoms with van der Waals surface area (Å²) in [4.78, 5) is 4.08. The maximum absolute atomic E-state index is 9.03. The van der Waals surface area contributed by atoms with Crippen LogP contribution in [0.2, 0.25) is 0 Å². The van der Waals surface area contributed by atoms with Crippen molar-refractivity contribution in [2.75, 3.05) is 13.2 Å². The van der Waals surface area contributed by atoms with Crippen molar-refractivity contribution >= 4 is 23.1 Å². The van der Waals surface area contributed by atoms with E-state index < -0.39 is 0 Å². The Morgan fingerprint density at radius 1 is 1.57 bits per heavy atom. The summed E-state index contributed by atoms with van der Waals surface area (Å²) in [5, 5.41) is 15.8. The van der Waals surface area contributed by atoms with E-state index in [-0.39, 0.29) is 38.8 Å². The van der Waals surface area contributed by atoms with Crippen molar-refractivity contribution in [1.29, 1.82) is 0 Å². The molecule has 21 heavy (non-hydrogen) atoms. The monoisotopic (exact) mass is 356 g/mol. The highest BCUT2D eigenvalue weighted by Gasteiger charge is 2.31. The highest BCUT2D eigenvalue weighted by atomic mass is 35.5. The van der Waals surface area contributed by atoms with Gasteiger partial charge < -0.3 is 22.8 Å². The van der Waals surface area contributed by atoms with E-state index in [9.17, 15) is 0 Å². The normalized spacial score (nSPS) is 25.0. The summed E-state index contributed by atoms with van der Waals surface area (Å²) in [6, 6.07) is 0. The van der Waals surface area contributed by atoms with E-state index in [1.54, 1.807) is 11.3 Å². The Labute approximate surface area is 142 Å². The first-order chi connectivity index (χ1) is 9.15. The van der Waals surface area contributed by atoms with Crippen molar-refractivity contribution in [1.82, 2.24) is 15.5 Å². The van der Waals surface area contributed by atoms with Crippen LogP contribution in [0, 0.1) is 12.8 Å². The topological polar surface area (TPSA) is 60.2 Å². The van der Waals surface area contributed by atoms with E-state index in [4.69, 9.17) is 16.9 Å². The average Bonchev–Trinajstić information content (AvgIpc) is 2.74. The molecular formula is C13H26Cl2N4OS. The van der Waals surface area contributed by atoms with Crippen LogP contribution in [0.15, 0.2) is 5.51 Å². The first kappa shape index (κ1) is 21.0. The molecule has 2 rings (SSSR count). The molecule has 1 aromatic rings. The third-order valence-corrected chi connectivity index (χ3v) is 5.01. The largest absolute Gasteiger partial charge is 1.00 e. The lowest BCUT2D eigenvalue weighted by Gasteiger charge is -2.34. The molecule has 8 heteroatoms. The van der Waals surface area contributed by atoms with Gasteiger partial charge in [0.1, 0.15) is 0 Å². The molecule has 1 aromatic heterocycles. The Morgan fingerprint density at radius 3 is 2.90 bits per heavy atom.